The summed E-state index contributed by atoms with van der Waals surface area (Å²) in [5.41, 5.74) is 0. The minimum absolute atomic E-state index is 0. The SMILES string of the molecule is CCc1nnc(NC(=O)CNCC2CC2)s1.Cl. The van der Waals surface area contributed by atoms with E-state index in [9.17, 15) is 4.79 Å². The highest BCUT2D eigenvalue weighted by atomic mass is 35.5. The van der Waals surface area contributed by atoms with Crippen molar-refractivity contribution in [3.05, 3.63) is 5.01 Å². The molecule has 1 saturated carbocycles. The van der Waals surface area contributed by atoms with Crippen molar-refractivity contribution >= 4 is 34.8 Å². The third-order valence-electron chi connectivity index (χ3n) is 2.43. The van der Waals surface area contributed by atoms with Crippen LogP contribution in [-0.4, -0.2) is 29.2 Å². The molecule has 1 amide bonds. The first-order valence-electron chi connectivity index (χ1n) is 5.61. The molecule has 1 aliphatic rings. The lowest BCUT2D eigenvalue weighted by molar-refractivity contribution is -0.115. The molecule has 0 spiro atoms. The molecule has 0 bridgehead atoms. The maximum Gasteiger partial charge on any atom is 0.240 e. The zero-order chi connectivity index (χ0) is 11.4. The summed E-state index contributed by atoms with van der Waals surface area (Å²) in [4.78, 5) is 11.5. The van der Waals surface area contributed by atoms with Crippen LogP contribution in [0.2, 0.25) is 0 Å². The molecular formula is C10H17ClN4OS. The van der Waals surface area contributed by atoms with Crippen LogP contribution in [-0.2, 0) is 11.2 Å². The fourth-order valence-electron chi connectivity index (χ4n) is 1.32. The van der Waals surface area contributed by atoms with Gasteiger partial charge < -0.3 is 5.32 Å². The molecule has 96 valence electrons. The normalized spacial score (nSPS) is 14.2. The highest BCUT2D eigenvalue weighted by molar-refractivity contribution is 7.15. The lowest BCUT2D eigenvalue weighted by atomic mass is 10.4. The second kappa shape index (κ2) is 6.88. The predicted octanol–water partition coefficient (Wildman–Crippen LogP) is 1.46. The Hall–Kier alpha value is -0.720. The molecule has 1 aliphatic carbocycles. The summed E-state index contributed by atoms with van der Waals surface area (Å²) >= 11 is 1.43. The van der Waals surface area contributed by atoms with Gasteiger partial charge in [-0.3, -0.25) is 10.1 Å². The molecule has 1 fully saturated rings. The van der Waals surface area contributed by atoms with E-state index < -0.39 is 0 Å². The Bertz CT molecular complexity index is 367. The Morgan fingerprint density at radius 3 is 2.82 bits per heavy atom. The Balaban J connectivity index is 0.00000144. The maximum atomic E-state index is 11.5. The number of aromatic nitrogens is 2. The average molecular weight is 277 g/mol. The standard InChI is InChI=1S/C10H16N4OS.ClH/c1-2-9-13-14-10(16-9)12-8(15)6-11-5-7-3-4-7;/h7,11H,2-6H2,1H3,(H,12,14,15);1H. The summed E-state index contributed by atoms with van der Waals surface area (Å²) in [7, 11) is 0. The van der Waals surface area contributed by atoms with Crippen LogP contribution in [0.15, 0.2) is 0 Å². The molecule has 1 aromatic heterocycles. The molecule has 7 heteroatoms. The molecule has 2 rings (SSSR count). The predicted molar refractivity (Wildman–Crippen MR) is 70.8 cm³/mol. The van der Waals surface area contributed by atoms with Crippen LogP contribution in [0.25, 0.3) is 0 Å². The van der Waals surface area contributed by atoms with Gasteiger partial charge in [0.25, 0.3) is 0 Å². The fourth-order valence-corrected chi connectivity index (χ4v) is 2.02. The fraction of sp³-hybridized carbons (Fsp3) is 0.700. The number of carbonyl (C=O) groups excluding carboxylic acids is 1. The topological polar surface area (TPSA) is 66.9 Å². The number of anilines is 1. The Labute approximate surface area is 111 Å². The number of halogens is 1. The van der Waals surface area contributed by atoms with Crippen molar-refractivity contribution in [3.8, 4) is 0 Å². The molecule has 0 aliphatic heterocycles. The molecule has 5 nitrogen and oxygen atoms in total. The molecular weight excluding hydrogens is 260 g/mol. The highest BCUT2D eigenvalue weighted by Crippen LogP contribution is 2.27. The quantitative estimate of drug-likeness (QED) is 0.826. The molecule has 0 atom stereocenters. The number of nitrogens with one attached hydrogen (secondary N) is 2. The van der Waals surface area contributed by atoms with Crippen molar-refractivity contribution < 1.29 is 4.79 Å². The van der Waals surface area contributed by atoms with Crippen LogP contribution in [0.5, 0.6) is 0 Å². The van der Waals surface area contributed by atoms with Gasteiger partial charge in [-0.25, -0.2) is 0 Å². The number of amides is 1. The Morgan fingerprint density at radius 2 is 2.24 bits per heavy atom. The number of hydrogen-bond acceptors (Lipinski definition) is 5. The van der Waals surface area contributed by atoms with E-state index in [2.05, 4.69) is 20.8 Å². The Kier molecular flexibility index (Phi) is 5.80. The van der Waals surface area contributed by atoms with Crippen molar-refractivity contribution in [1.29, 1.82) is 0 Å². The van der Waals surface area contributed by atoms with Gasteiger partial charge in [0.2, 0.25) is 11.0 Å². The zero-order valence-electron chi connectivity index (χ0n) is 9.73. The second-order valence-electron chi connectivity index (χ2n) is 3.98. The zero-order valence-corrected chi connectivity index (χ0v) is 11.4. The second-order valence-corrected chi connectivity index (χ2v) is 5.04. The summed E-state index contributed by atoms with van der Waals surface area (Å²) in [6.07, 6.45) is 3.45. The summed E-state index contributed by atoms with van der Waals surface area (Å²) in [6, 6.07) is 0. The van der Waals surface area contributed by atoms with Gasteiger partial charge in [-0.05, 0) is 31.7 Å². The first-order valence-corrected chi connectivity index (χ1v) is 6.42. The van der Waals surface area contributed by atoms with Crippen molar-refractivity contribution in [3.63, 3.8) is 0 Å². The van der Waals surface area contributed by atoms with Crippen LogP contribution < -0.4 is 10.6 Å². The van der Waals surface area contributed by atoms with E-state index in [4.69, 9.17) is 0 Å². The third kappa shape index (κ3) is 4.97. The van der Waals surface area contributed by atoms with Crippen molar-refractivity contribution in [2.24, 2.45) is 5.92 Å². The number of rotatable bonds is 6. The lowest BCUT2D eigenvalue weighted by Gasteiger charge is -2.02. The van der Waals surface area contributed by atoms with Gasteiger partial charge in [-0.15, -0.1) is 22.6 Å². The number of nitrogens with zero attached hydrogens (tertiary/aromatic N) is 2. The summed E-state index contributed by atoms with van der Waals surface area (Å²) in [5, 5.41) is 15.2. The van der Waals surface area contributed by atoms with Crippen LogP contribution >= 0.6 is 23.7 Å². The minimum atomic E-state index is -0.0422. The van der Waals surface area contributed by atoms with Crippen LogP contribution in [0, 0.1) is 5.92 Å². The molecule has 0 radical (unpaired) electrons. The van der Waals surface area contributed by atoms with Crippen molar-refractivity contribution in [1.82, 2.24) is 15.5 Å². The lowest BCUT2D eigenvalue weighted by Crippen LogP contribution is -2.29. The van der Waals surface area contributed by atoms with E-state index in [0.29, 0.717) is 11.7 Å². The van der Waals surface area contributed by atoms with E-state index in [1.165, 1.54) is 24.2 Å². The van der Waals surface area contributed by atoms with Crippen molar-refractivity contribution in [2.45, 2.75) is 26.2 Å². The van der Waals surface area contributed by atoms with Gasteiger partial charge in [0, 0.05) is 0 Å². The molecule has 0 unspecified atom stereocenters. The smallest absolute Gasteiger partial charge is 0.240 e. The monoisotopic (exact) mass is 276 g/mol. The van der Waals surface area contributed by atoms with Gasteiger partial charge in [0.05, 0.1) is 6.54 Å². The van der Waals surface area contributed by atoms with Gasteiger partial charge >= 0.3 is 0 Å². The molecule has 1 heterocycles. The van der Waals surface area contributed by atoms with E-state index in [0.717, 1.165) is 23.9 Å². The van der Waals surface area contributed by atoms with Crippen LogP contribution in [0.4, 0.5) is 5.13 Å². The first-order chi connectivity index (χ1) is 7.78. The van der Waals surface area contributed by atoms with Gasteiger partial charge in [-0.1, -0.05) is 18.3 Å². The number of carbonyl (C=O) groups is 1. The molecule has 17 heavy (non-hydrogen) atoms. The number of aryl methyl sites for hydroxylation is 1. The van der Waals surface area contributed by atoms with Gasteiger partial charge in [0.1, 0.15) is 5.01 Å². The van der Waals surface area contributed by atoms with Gasteiger partial charge in [0.15, 0.2) is 0 Å². The summed E-state index contributed by atoms with van der Waals surface area (Å²) < 4.78 is 0. The van der Waals surface area contributed by atoms with Crippen molar-refractivity contribution in [2.75, 3.05) is 18.4 Å². The maximum absolute atomic E-state index is 11.5. The largest absolute Gasteiger partial charge is 0.308 e. The molecule has 0 saturated heterocycles. The van der Waals surface area contributed by atoms with Crippen LogP contribution in [0.3, 0.4) is 0 Å². The van der Waals surface area contributed by atoms with E-state index in [1.54, 1.807) is 0 Å². The first kappa shape index (κ1) is 14.3. The van der Waals surface area contributed by atoms with E-state index >= 15 is 0 Å². The highest BCUT2D eigenvalue weighted by Gasteiger charge is 2.20. The van der Waals surface area contributed by atoms with E-state index in [1.807, 2.05) is 6.92 Å². The van der Waals surface area contributed by atoms with Gasteiger partial charge in [-0.2, -0.15) is 0 Å². The third-order valence-corrected chi connectivity index (χ3v) is 3.41. The molecule has 0 aromatic carbocycles. The number of hydrogen-bond donors (Lipinski definition) is 2. The Morgan fingerprint density at radius 1 is 1.47 bits per heavy atom. The van der Waals surface area contributed by atoms with Crippen LogP contribution in [0.1, 0.15) is 24.8 Å². The molecule has 2 N–H and O–H groups in total. The summed E-state index contributed by atoms with van der Waals surface area (Å²) in [5.74, 6) is 0.750. The average Bonchev–Trinajstić information content (AvgIpc) is 2.97. The van der Waals surface area contributed by atoms with E-state index in [-0.39, 0.29) is 18.3 Å². The minimum Gasteiger partial charge on any atom is -0.308 e. The summed E-state index contributed by atoms with van der Waals surface area (Å²) in [6.45, 7) is 3.32. The molecule has 1 aromatic rings.